The minimum absolute atomic E-state index is 0. The van der Waals surface area contributed by atoms with Crippen molar-refractivity contribution >= 4 is 0 Å². The molecule has 2 heteroatoms. The van der Waals surface area contributed by atoms with Gasteiger partial charge in [-0.2, -0.15) is 0 Å². The summed E-state index contributed by atoms with van der Waals surface area (Å²) in [7, 11) is 0. The molecule has 0 bridgehead atoms. The number of hydrogen-bond donors (Lipinski definition) is 0. The van der Waals surface area contributed by atoms with Crippen molar-refractivity contribution in [1.82, 2.24) is 0 Å². The SMILES string of the molecule is C[CH](C)[Hg].O. The molecule has 0 saturated carbocycles. The first-order valence-electron chi connectivity index (χ1n) is 1.56. The smallest absolute Gasteiger partial charge is 0.412 e. The van der Waals surface area contributed by atoms with Crippen LogP contribution in [0.3, 0.4) is 0 Å². The fourth-order valence-corrected chi connectivity index (χ4v) is 0. The maximum atomic E-state index is 2.25. The largest absolute Gasteiger partial charge is 0.412 e. The Kier molecular flexibility index (Phi) is 9.12. The van der Waals surface area contributed by atoms with Gasteiger partial charge in [-0.05, 0) is 0 Å². The van der Waals surface area contributed by atoms with E-state index in [1.807, 2.05) is 0 Å². The molecule has 0 heterocycles. The molecule has 0 aromatic rings. The molecule has 0 aliphatic carbocycles. The van der Waals surface area contributed by atoms with E-state index in [0.29, 0.717) is 0 Å². The Morgan fingerprint density at radius 1 is 1.40 bits per heavy atom. The first kappa shape index (κ1) is 9.31. The van der Waals surface area contributed by atoms with E-state index in [1.54, 1.807) is 0 Å². The first-order chi connectivity index (χ1) is 1.73. The van der Waals surface area contributed by atoms with Gasteiger partial charge < -0.3 is 5.48 Å². The molecular formula is C3H9HgO. The van der Waals surface area contributed by atoms with Crippen LogP contribution in [0.5, 0.6) is 0 Å². The van der Waals surface area contributed by atoms with E-state index in [4.69, 9.17) is 0 Å². The Labute approximate surface area is 49.0 Å². The zero-order chi connectivity index (χ0) is 3.58. The van der Waals surface area contributed by atoms with Gasteiger partial charge in [-0.1, -0.05) is 0 Å². The van der Waals surface area contributed by atoms with Crippen LogP contribution in [-0.2, 0) is 26.1 Å². The summed E-state index contributed by atoms with van der Waals surface area (Å²) in [6.07, 6.45) is 0. The molecule has 0 fully saturated rings. The van der Waals surface area contributed by atoms with Crippen molar-refractivity contribution in [2.75, 3.05) is 0 Å². The van der Waals surface area contributed by atoms with Crippen LogP contribution in [0.15, 0.2) is 0 Å². The average Bonchev–Trinajstić information content (AvgIpc) is 0.811. The maximum Gasteiger partial charge on any atom is -0.412 e. The summed E-state index contributed by atoms with van der Waals surface area (Å²) in [5, 5.41) is 0. The van der Waals surface area contributed by atoms with Gasteiger partial charge in [0.1, 0.15) is 0 Å². The van der Waals surface area contributed by atoms with Crippen LogP contribution in [0.2, 0.25) is 3.43 Å². The van der Waals surface area contributed by atoms with Gasteiger partial charge in [-0.15, -0.1) is 0 Å². The topological polar surface area (TPSA) is 31.5 Å². The van der Waals surface area contributed by atoms with Crippen molar-refractivity contribution in [3.63, 3.8) is 0 Å². The molecule has 5 heavy (non-hydrogen) atoms. The third-order valence-corrected chi connectivity index (χ3v) is 0. The van der Waals surface area contributed by atoms with Crippen LogP contribution < -0.4 is 0 Å². The van der Waals surface area contributed by atoms with E-state index in [1.165, 1.54) is 0 Å². The molecule has 29 valence electrons. The summed E-state index contributed by atoms with van der Waals surface area (Å²) < 4.78 is 1.03. The Hall–Kier alpha value is 0.895. The second-order valence-corrected chi connectivity index (χ2v) is 7.74. The Balaban J connectivity index is 0. The Morgan fingerprint density at radius 3 is 1.40 bits per heavy atom. The van der Waals surface area contributed by atoms with Crippen LogP contribution in [0.1, 0.15) is 13.8 Å². The minimum Gasteiger partial charge on any atom is -0.412 e. The van der Waals surface area contributed by atoms with Crippen molar-refractivity contribution in [3.8, 4) is 0 Å². The van der Waals surface area contributed by atoms with Crippen LogP contribution in [0.25, 0.3) is 0 Å². The van der Waals surface area contributed by atoms with Gasteiger partial charge in [0.25, 0.3) is 0 Å². The summed E-state index contributed by atoms with van der Waals surface area (Å²) in [5.41, 5.74) is 0. The molecule has 1 nitrogen and oxygen atoms in total. The molecule has 0 aliphatic rings. The average molecular weight is 262 g/mol. The minimum atomic E-state index is 0. The third-order valence-electron chi connectivity index (χ3n) is 0. The van der Waals surface area contributed by atoms with E-state index < -0.39 is 0 Å². The molecule has 0 saturated heterocycles. The van der Waals surface area contributed by atoms with E-state index >= 15 is 0 Å². The molecule has 0 spiro atoms. The van der Waals surface area contributed by atoms with Gasteiger partial charge in [-0.3, -0.25) is 0 Å². The third kappa shape index (κ3) is 51.2. The second-order valence-electron chi connectivity index (χ2n) is 1.39. The first-order valence-corrected chi connectivity index (χ1v) is 4.74. The van der Waals surface area contributed by atoms with Gasteiger partial charge in [-0.25, -0.2) is 0 Å². The zero-order valence-corrected chi connectivity index (χ0v) is 9.28. The van der Waals surface area contributed by atoms with Crippen molar-refractivity contribution in [3.05, 3.63) is 0 Å². The van der Waals surface area contributed by atoms with Crippen molar-refractivity contribution in [2.45, 2.75) is 17.3 Å². The van der Waals surface area contributed by atoms with Crippen molar-refractivity contribution in [1.29, 1.82) is 0 Å². The monoisotopic (exact) mass is 263 g/mol. The molecule has 0 radical (unpaired) electrons. The van der Waals surface area contributed by atoms with Gasteiger partial charge >= 0.3 is 43.4 Å². The Bertz CT molecular complexity index is 11.6. The molecule has 0 aliphatic heterocycles. The van der Waals surface area contributed by atoms with Crippen LogP contribution in [0, 0.1) is 0 Å². The molecule has 0 unspecified atom stereocenters. The molecule has 0 rings (SSSR count). The van der Waals surface area contributed by atoms with Crippen molar-refractivity contribution < 1.29 is 31.6 Å². The number of rotatable bonds is 0. The fraction of sp³-hybridized carbons (Fsp3) is 1.00. The fourth-order valence-electron chi connectivity index (χ4n) is 0. The van der Waals surface area contributed by atoms with Crippen LogP contribution in [0.4, 0.5) is 0 Å². The molecule has 0 amide bonds. The quantitative estimate of drug-likeness (QED) is 0.570. The Morgan fingerprint density at radius 2 is 1.40 bits per heavy atom. The molecular weight excluding hydrogens is 253 g/mol. The number of hydrogen-bond acceptors (Lipinski definition) is 0. The van der Waals surface area contributed by atoms with E-state index in [0.717, 1.165) is 29.5 Å². The molecule has 0 aromatic carbocycles. The summed E-state index contributed by atoms with van der Waals surface area (Å²) in [4.78, 5) is 0. The van der Waals surface area contributed by atoms with E-state index in [9.17, 15) is 0 Å². The van der Waals surface area contributed by atoms with Crippen LogP contribution in [-0.4, -0.2) is 5.48 Å². The summed E-state index contributed by atoms with van der Waals surface area (Å²) in [6, 6.07) is 0. The van der Waals surface area contributed by atoms with E-state index in [2.05, 4.69) is 13.8 Å². The van der Waals surface area contributed by atoms with Crippen LogP contribution >= 0.6 is 0 Å². The summed E-state index contributed by atoms with van der Waals surface area (Å²) in [6.45, 7) is 4.51. The predicted octanol–water partition coefficient (Wildman–Crippen LogP) is 0.537. The van der Waals surface area contributed by atoms with Gasteiger partial charge in [0.15, 0.2) is 0 Å². The summed E-state index contributed by atoms with van der Waals surface area (Å²) >= 11 is 1.02. The van der Waals surface area contributed by atoms with E-state index in [-0.39, 0.29) is 5.48 Å². The predicted molar refractivity (Wildman–Crippen MR) is 18.7 cm³/mol. The van der Waals surface area contributed by atoms with Gasteiger partial charge in [0, 0.05) is 0 Å². The van der Waals surface area contributed by atoms with Crippen molar-refractivity contribution in [2.24, 2.45) is 0 Å². The summed E-state index contributed by atoms with van der Waals surface area (Å²) in [5.74, 6) is 0. The maximum absolute atomic E-state index is 2.25. The molecule has 0 aromatic heterocycles. The molecule has 0 atom stereocenters. The standard InChI is InChI=1S/C3H7.Hg.H2O/c1-3-2;;/h3H,1-2H3;;1H2. The molecule has 2 N–H and O–H groups in total. The van der Waals surface area contributed by atoms with Gasteiger partial charge in [0.05, 0.1) is 0 Å². The second kappa shape index (κ2) is 4.90. The normalized spacial score (nSPS) is 7.40. The van der Waals surface area contributed by atoms with Gasteiger partial charge in [0.2, 0.25) is 0 Å². The zero-order valence-electron chi connectivity index (χ0n) is 3.78.